The summed E-state index contributed by atoms with van der Waals surface area (Å²) in [6, 6.07) is 1.88. The lowest BCUT2D eigenvalue weighted by molar-refractivity contribution is 1.10. The molecule has 13 heavy (non-hydrogen) atoms. The molecule has 6 heteroatoms. The van der Waals surface area contributed by atoms with Gasteiger partial charge in [0.1, 0.15) is 12.2 Å². The number of nitrogens with one attached hydrogen (secondary N) is 3. The molecule has 0 amide bonds. The third-order valence-corrected chi connectivity index (χ3v) is 1.43. The Morgan fingerprint density at radius 2 is 2.54 bits per heavy atom. The highest BCUT2D eigenvalue weighted by Crippen LogP contribution is 2.09. The Hall–Kier alpha value is -2.03. The third-order valence-electron chi connectivity index (χ3n) is 1.43. The van der Waals surface area contributed by atoms with Crippen molar-refractivity contribution < 1.29 is 0 Å². The molecule has 0 saturated carbocycles. The van der Waals surface area contributed by atoms with Crippen molar-refractivity contribution in [2.75, 3.05) is 24.2 Å². The molecule has 0 aliphatic carbocycles. The van der Waals surface area contributed by atoms with Crippen LogP contribution in [0.4, 0.5) is 11.5 Å². The fraction of sp³-hybridized carbons (Fsp3) is 0.286. The van der Waals surface area contributed by atoms with Gasteiger partial charge in [-0.15, -0.1) is 0 Å². The maximum atomic E-state index is 11.2. The largest absolute Gasteiger partial charge is 0.371 e. The zero-order valence-electron chi connectivity index (χ0n) is 7.09. The van der Waals surface area contributed by atoms with Gasteiger partial charge >= 0.3 is 0 Å². The Balaban J connectivity index is 3.02. The molecule has 0 aliphatic heterocycles. The third kappa shape index (κ3) is 1.96. The number of hydrogen-bond acceptors (Lipinski definition) is 5. The smallest absolute Gasteiger partial charge is 0.276 e. The Morgan fingerprint density at radius 1 is 1.77 bits per heavy atom. The molecular weight excluding hydrogens is 170 g/mol. The van der Waals surface area contributed by atoms with Crippen LogP contribution in [0.15, 0.2) is 11.1 Å². The second kappa shape index (κ2) is 4.11. The van der Waals surface area contributed by atoms with Crippen molar-refractivity contribution in [1.29, 1.82) is 5.26 Å². The second-order valence-electron chi connectivity index (χ2n) is 2.22. The predicted molar refractivity (Wildman–Crippen MR) is 48.5 cm³/mol. The summed E-state index contributed by atoms with van der Waals surface area (Å²) >= 11 is 0. The highest BCUT2D eigenvalue weighted by atomic mass is 16.1. The topological polar surface area (TPSA) is 93.6 Å². The number of nitriles is 1. The van der Waals surface area contributed by atoms with Crippen LogP contribution in [-0.2, 0) is 0 Å². The highest BCUT2D eigenvalue weighted by Gasteiger charge is 2.04. The van der Waals surface area contributed by atoms with Crippen molar-refractivity contribution in [2.24, 2.45) is 0 Å². The zero-order chi connectivity index (χ0) is 9.68. The summed E-state index contributed by atoms with van der Waals surface area (Å²) in [4.78, 5) is 17.5. The zero-order valence-corrected chi connectivity index (χ0v) is 7.09. The maximum absolute atomic E-state index is 11.2. The quantitative estimate of drug-likeness (QED) is 0.556. The number of aromatic nitrogens is 2. The molecule has 1 rings (SSSR count). The molecule has 6 nitrogen and oxygen atoms in total. The fourth-order valence-electron chi connectivity index (χ4n) is 0.881. The lowest BCUT2D eigenvalue weighted by Crippen LogP contribution is -2.17. The van der Waals surface area contributed by atoms with E-state index in [9.17, 15) is 4.79 Å². The van der Waals surface area contributed by atoms with Crippen molar-refractivity contribution in [3.8, 4) is 6.07 Å². The molecule has 1 heterocycles. The van der Waals surface area contributed by atoms with Gasteiger partial charge in [-0.1, -0.05) is 0 Å². The van der Waals surface area contributed by atoms with E-state index < -0.39 is 0 Å². The molecule has 0 aliphatic rings. The number of aromatic amines is 1. The summed E-state index contributed by atoms with van der Waals surface area (Å²) in [5.41, 5.74) is -0.0128. The Kier molecular flexibility index (Phi) is 2.87. The van der Waals surface area contributed by atoms with Crippen molar-refractivity contribution in [3.05, 3.63) is 16.7 Å². The minimum Gasteiger partial charge on any atom is -0.371 e. The Bertz CT molecular complexity index is 377. The molecule has 0 spiro atoms. The first-order valence-electron chi connectivity index (χ1n) is 3.66. The molecule has 0 atom stereocenters. The summed E-state index contributed by atoms with van der Waals surface area (Å²) in [6.07, 6.45) is 1.30. The van der Waals surface area contributed by atoms with Gasteiger partial charge in [-0.3, -0.25) is 4.79 Å². The summed E-state index contributed by atoms with van der Waals surface area (Å²) in [7, 11) is 1.65. The summed E-state index contributed by atoms with van der Waals surface area (Å²) < 4.78 is 0. The van der Waals surface area contributed by atoms with Gasteiger partial charge in [0.2, 0.25) is 0 Å². The molecule has 68 valence electrons. The van der Waals surface area contributed by atoms with Gasteiger partial charge in [0.15, 0.2) is 5.82 Å². The first kappa shape index (κ1) is 9.06. The summed E-state index contributed by atoms with van der Waals surface area (Å²) in [5, 5.41) is 13.7. The molecule has 0 radical (unpaired) electrons. The highest BCUT2D eigenvalue weighted by molar-refractivity contribution is 5.62. The maximum Gasteiger partial charge on any atom is 0.276 e. The van der Waals surface area contributed by atoms with E-state index in [2.05, 4.69) is 20.6 Å². The number of anilines is 2. The predicted octanol–water partition coefficient (Wildman–Crippen LogP) is -0.253. The molecule has 0 unspecified atom stereocenters. The van der Waals surface area contributed by atoms with Crippen LogP contribution in [0.1, 0.15) is 0 Å². The van der Waals surface area contributed by atoms with Crippen LogP contribution in [0.3, 0.4) is 0 Å². The van der Waals surface area contributed by atoms with Gasteiger partial charge in [0.25, 0.3) is 5.56 Å². The van der Waals surface area contributed by atoms with Crippen LogP contribution in [0, 0.1) is 11.3 Å². The lowest BCUT2D eigenvalue weighted by atomic mass is 10.4. The lowest BCUT2D eigenvalue weighted by Gasteiger charge is -2.05. The molecular formula is C7H9N5O. The van der Waals surface area contributed by atoms with E-state index in [1.165, 1.54) is 6.33 Å². The molecule has 3 N–H and O–H groups in total. The summed E-state index contributed by atoms with van der Waals surface area (Å²) in [5.74, 6) is 0.430. The van der Waals surface area contributed by atoms with Gasteiger partial charge in [-0.05, 0) is 0 Å². The van der Waals surface area contributed by atoms with Crippen LogP contribution < -0.4 is 16.2 Å². The molecule has 0 saturated heterocycles. The van der Waals surface area contributed by atoms with Crippen molar-refractivity contribution >= 4 is 11.5 Å². The van der Waals surface area contributed by atoms with E-state index in [-0.39, 0.29) is 17.8 Å². The van der Waals surface area contributed by atoms with E-state index in [0.717, 1.165) is 0 Å². The van der Waals surface area contributed by atoms with Crippen molar-refractivity contribution in [1.82, 2.24) is 9.97 Å². The van der Waals surface area contributed by atoms with Crippen LogP contribution in [0.5, 0.6) is 0 Å². The van der Waals surface area contributed by atoms with Crippen molar-refractivity contribution in [3.63, 3.8) is 0 Å². The molecule has 0 fully saturated rings. The fourth-order valence-corrected chi connectivity index (χ4v) is 0.881. The van der Waals surface area contributed by atoms with Gasteiger partial charge in [-0.2, -0.15) is 5.26 Å². The van der Waals surface area contributed by atoms with E-state index in [4.69, 9.17) is 5.26 Å². The molecule has 0 bridgehead atoms. The normalized spacial score (nSPS) is 8.92. The van der Waals surface area contributed by atoms with Crippen LogP contribution >= 0.6 is 0 Å². The van der Waals surface area contributed by atoms with E-state index >= 15 is 0 Å². The summed E-state index contributed by atoms with van der Waals surface area (Å²) in [6.45, 7) is 0.0729. The van der Waals surface area contributed by atoms with E-state index in [1.54, 1.807) is 7.05 Å². The number of rotatable bonds is 3. The number of H-pyrrole nitrogens is 1. The molecule has 1 aromatic heterocycles. The average Bonchev–Trinajstić information content (AvgIpc) is 2.15. The second-order valence-corrected chi connectivity index (χ2v) is 2.22. The first-order valence-corrected chi connectivity index (χ1v) is 3.66. The van der Waals surface area contributed by atoms with Gasteiger partial charge in [-0.25, -0.2) is 4.98 Å². The average molecular weight is 179 g/mol. The number of hydrogen-bond donors (Lipinski definition) is 3. The van der Waals surface area contributed by atoms with Gasteiger partial charge < -0.3 is 15.6 Å². The van der Waals surface area contributed by atoms with E-state index in [0.29, 0.717) is 5.82 Å². The van der Waals surface area contributed by atoms with Crippen LogP contribution in [-0.4, -0.2) is 23.6 Å². The standard InChI is InChI=1S/C7H9N5O/c1-9-6-5(10-3-2-8)7(13)12-4-11-6/h4,10H,3H2,1H3,(H2,9,11,12,13). The van der Waals surface area contributed by atoms with Gasteiger partial charge in [0, 0.05) is 7.05 Å². The number of nitrogens with zero attached hydrogens (tertiary/aromatic N) is 2. The first-order chi connectivity index (χ1) is 6.29. The molecule has 0 aromatic carbocycles. The minimum absolute atomic E-state index is 0.0729. The Morgan fingerprint density at radius 3 is 3.15 bits per heavy atom. The monoisotopic (exact) mass is 179 g/mol. The van der Waals surface area contributed by atoms with Gasteiger partial charge in [0.05, 0.1) is 12.4 Å². The molecule has 1 aromatic rings. The van der Waals surface area contributed by atoms with Crippen LogP contribution in [0.2, 0.25) is 0 Å². The minimum atomic E-state index is -0.297. The van der Waals surface area contributed by atoms with Crippen molar-refractivity contribution in [2.45, 2.75) is 0 Å². The van der Waals surface area contributed by atoms with Crippen LogP contribution in [0.25, 0.3) is 0 Å². The SMILES string of the molecule is CNc1nc[nH]c(=O)c1NCC#N. The Labute approximate surface area is 74.6 Å². The van der Waals surface area contributed by atoms with E-state index in [1.807, 2.05) is 6.07 Å².